The molecule has 2 aromatic rings. The molecule has 25 heavy (non-hydrogen) atoms. The average Bonchev–Trinajstić information content (AvgIpc) is 2.55. The number of benzene rings is 2. The number of carbonyl (C=O) groups excluding carboxylic acids is 1. The van der Waals surface area contributed by atoms with E-state index >= 15 is 0 Å². The maximum atomic E-state index is 12.6. The summed E-state index contributed by atoms with van der Waals surface area (Å²) >= 11 is 9.46. The van der Waals surface area contributed by atoms with Crippen LogP contribution in [0.3, 0.4) is 0 Å². The maximum absolute atomic E-state index is 12.6. The zero-order valence-corrected chi connectivity index (χ0v) is 17.1. The van der Waals surface area contributed by atoms with Crippen molar-refractivity contribution in [1.82, 2.24) is 9.62 Å². The Morgan fingerprint density at radius 1 is 1.16 bits per heavy atom. The Bertz CT molecular complexity index is 883. The van der Waals surface area contributed by atoms with Crippen LogP contribution >= 0.6 is 27.5 Å². The Kier molecular flexibility index (Phi) is 6.26. The van der Waals surface area contributed by atoms with Crippen LogP contribution in [0.4, 0.5) is 0 Å². The maximum Gasteiger partial charge on any atom is 0.253 e. The SMILES string of the molecule is CC(NC(=O)c1cc(S(=O)(=O)N(C)C)ccc1Cl)c1ccc(Br)cc1. The van der Waals surface area contributed by atoms with Crippen molar-refractivity contribution < 1.29 is 13.2 Å². The molecule has 0 spiro atoms. The number of rotatable bonds is 5. The van der Waals surface area contributed by atoms with Crippen molar-refractivity contribution in [3.8, 4) is 0 Å². The molecule has 2 rings (SSSR count). The van der Waals surface area contributed by atoms with Gasteiger partial charge in [-0.05, 0) is 42.8 Å². The lowest BCUT2D eigenvalue weighted by Crippen LogP contribution is -2.27. The molecule has 0 aromatic heterocycles. The van der Waals surface area contributed by atoms with E-state index in [4.69, 9.17) is 11.6 Å². The molecule has 2 aromatic carbocycles. The van der Waals surface area contributed by atoms with E-state index in [1.54, 1.807) is 0 Å². The van der Waals surface area contributed by atoms with Gasteiger partial charge in [-0.3, -0.25) is 4.79 Å². The second-order valence-corrected chi connectivity index (χ2v) is 9.15. The number of nitrogens with one attached hydrogen (secondary N) is 1. The van der Waals surface area contributed by atoms with E-state index in [1.807, 2.05) is 31.2 Å². The van der Waals surface area contributed by atoms with Crippen molar-refractivity contribution >= 4 is 43.5 Å². The molecule has 0 aliphatic heterocycles. The second kappa shape index (κ2) is 7.86. The third-order valence-corrected chi connectivity index (χ3v) is 6.35. The highest BCUT2D eigenvalue weighted by atomic mass is 79.9. The zero-order valence-electron chi connectivity index (χ0n) is 14.0. The summed E-state index contributed by atoms with van der Waals surface area (Å²) in [6.45, 7) is 1.84. The van der Waals surface area contributed by atoms with Gasteiger partial charge in [-0.1, -0.05) is 39.7 Å². The highest BCUT2D eigenvalue weighted by Gasteiger charge is 2.21. The second-order valence-electron chi connectivity index (χ2n) is 5.68. The minimum absolute atomic E-state index is 0.0170. The quantitative estimate of drug-likeness (QED) is 0.760. The van der Waals surface area contributed by atoms with Gasteiger partial charge in [0.25, 0.3) is 5.91 Å². The van der Waals surface area contributed by atoms with E-state index in [1.165, 1.54) is 32.3 Å². The monoisotopic (exact) mass is 444 g/mol. The summed E-state index contributed by atoms with van der Waals surface area (Å²) in [4.78, 5) is 12.6. The molecular formula is C17H18BrClN2O3S. The van der Waals surface area contributed by atoms with Crippen LogP contribution in [0, 0.1) is 0 Å². The summed E-state index contributed by atoms with van der Waals surface area (Å²) in [5, 5.41) is 3.03. The van der Waals surface area contributed by atoms with Crippen molar-refractivity contribution in [3.05, 3.63) is 63.1 Å². The van der Waals surface area contributed by atoms with Crippen molar-refractivity contribution in [1.29, 1.82) is 0 Å². The Morgan fingerprint density at radius 3 is 2.32 bits per heavy atom. The molecule has 0 saturated carbocycles. The molecule has 0 heterocycles. The first-order valence-corrected chi connectivity index (χ1v) is 10.0. The summed E-state index contributed by atoms with van der Waals surface area (Å²) in [6.07, 6.45) is 0. The first-order chi connectivity index (χ1) is 11.6. The Labute approximate surface area is 161 Å². The van der Waals surface area contributed by atoms with Crippen LogP contribution < -0.4 is 5.32 Å². The van der Waals surface area contributed by atoms with Crippen LogP contribution in [0.2, 0.25) is 5.02 Å². The van der Waals surface area contributed by atoms with Crippen LogP contribution in [0.1, 0.15) is 28.9 Å². The molecule has 0 aliphatic rings. The normalized spacial score (nSPS) is 12.9. The van der Waals surface area contributed by atoms with Gasteiger partial charge in [-0.15, -0.1) is 0 Å². The van der Waals surface area contributed by atoms with Gasteiger partial charge < -0.3 is 5.32 Å². The topological polar surface area (TPSA) is 66.5 Å². The van der Waals surface area contributed by atoms with Crippen LogP contribution in [0.5, 0.6) is 0 Å². The third-order valence-electron chi connectivity index (χ3n) is 3.68. The molecule has 0 fully saturated rings. The predicted molar refractivity (Wildman–Crippen MR) is 102 cm³/mol. The van der Waals surface area contributed by atoms with Crippen LogP contribution in [0.25, 0.3) is 0 Å². The minimum atomic E-state index is -3.65. The number of hydrogen-bond donors (Lipinski definition) is 1. The summed E-state index contributed by atoms with van der Waals surface area (Å²) in [6, 6.07) is 11.4. The number of nitrogens with zero attached hydrogens (tertiary/aromatic N) is 1. The predicted octanol–water partition coefficient (Wildman–Crippen LogP) is 3.84. The van der Waals surface area contributed by atoms with Crippen molar-refractivity contribution in [3.63, 3.8) is 0 Å². The summed E-state index contributed by atoms with van der Waals surface area (Å²) < 4.78 is 26.5. The summed E-state index contributed by atoms with van der Waals surface area (Å²) in [5.74, 6) is -0.434. The lowest BCUT2D eigenvalue weighted by molar-refractivity contribution is 0.0940. The Hall–Kier alpha value is -1.41. The van der Waals surface area contributed by atoms with E-state index in [9.17, 15) is 13.2 Å². The fraction of sp³-hybridized carbons (Fsp3) is 0.235. The highest BCUT2D eigenvalue weighted by Crippen LogP contribution is 2.23. The number of hydrogen-bond acceptors (Lipinski definition) is 3. The number of carbonyl (C=O) groups is 1. The molecule has 1 N–H and O–H groups in total. The van der Waals surface area contributed by atoms with Gasteiger partial charge in [0.15, 0.2) is 0 Å². The molecule has 0 saturated heterocycles. The minimum Gasteiger partial charge on any atom is -0.345 e. The van der Waals surface area contributed by atoms with Gasteiger partial charge in [-0.2, -0.15) is 0 Å². The van der Waals surface area contributed by atoms with Gasteiger partial charge >= 0.3 is 0 Å². The van der Waals surface area contributed by atoms with Gasteiger partial charge in [-0.25, -0.2) is 12.7 Å². The lowest BCUT2D eigenvalue weighted by Gasteiger charge is -2.16. The molecule has 134 valence electrons. The van der Waals surface area contributed by atoms with E-state index in [2.05, 4.69) is 21.2 Å². The summed E-state index contributed by atoms with van der Waals surface area (Å²) in [5.41, 5.74) is 1.04. The fourth-order valence-corrected chi connectivity index (χ4v) is 3.55. The first kappa shape index (κ1) is 19.9. The largest absolute Gasteiger partial charge is 0.345 e. The van der Waals surface area contributed by atoms with E-state index in [-0.39, 0.29) is 21.5 Å². The van der Waals surface area contributed by atoms with E-state index in [0.717, 1.165) is 14.3 Å². The van der Waals surface area contributed by atoms with Gasteiger partial charge in [0.05, 0.1) is 21.5 Å². The van der Waals surface area contributed by atoms with Crippen LogP contribution in [-0.4, -0.2) is 32.7 Å². The molecule has 0 bridgehead atoms. The standard InChI is InChI=1S/C17H18BrClN2O3S/c1-11(12-4-6-13(18)7-5-12)20-17(22)15-10-14(8-9-16(15)19)25(23,24)21(2)3/h4-11H,1-3H3,(H,20,22). The van der Waals surface area contributed by atoms with Crippen molar-refractivity contribution in [2.24, 2.45) is 0 Å². The molecule has 0 aliphatic carbocycles. The molecule has 1 amide bonds. The fourth-order valence-electron chi connectivity index (χ4n) is 2.16. The molecule has 8 heteroatoms. The average molecular weight is 446 g/mol. The molecule has 1 unspecified atom stereocenters. The van der Waals surface area contributed by atoms with Crippen molar-refractivity contribution in [2.45, 2.75) is 17.9 Å². The molecule has 1 atom stereocenters. The van der Waals surface area contributed by atoms with Gasteiger partial charge in [0.1, 0.15) is 0 Å². The van der Waals surface area contributed by atoms with E-state index in [0.29, 0.717) is 0 Å². The van der Waals surface area contributed by atoms with Gasteiger partial charge in [0.2, 0.25) is 10.0 Å². The van der Waals surface area contributed by atoms with E-state index < -0.39 is 15.9 Å². The number of sulfonamides is 1. The molecule has 0 radical (unpaired) electrons. The van der Waals surface area contributed by atoms with Crippen LogP contribution in [-0.2, 0) is 10.0 Å². The highest BCUT2D eigenvalue weighted by molar-refractivity contribution is 9.10. The molecular weight excluding hydrogens is 428 g/mol. The summed E-state index contributed by atoms with van der Waals surface area (Å²) in [7, 11) is -0.786. The van der Waals surface area contributed by atoms with Gasteiger partial charge in [0, 0.05) is 18.6 Å². The van der Waals surface area contributed by atoms with Crippen molar-refractivity contribution in [2.75, 3.05) is 14.1 Å². The van der Waals surface area contributed by atoms with Crippen LogP contribution in [0.15, 0.2) is 51.8 Å². The lowest BCUT2D eigenvalue weighted by atomic mass is 10.1. The Morgan fingerprint density at radius 2 is 1.76 bits per heavy atom. The Balaban J connectivity index is 2.28. The zero-order chi connectivity index (χ0) is 18.8. The molecule has 5 nitrogen and oxygen atoms in total. The number of halogens is 2. The third kappa shape index (κ3) is 4.61. The first-order valence-electron chi connectivity index (χ1n) is 7.41. The number of amides is 1. The smallest absolute Gasteiger partial charge is 0.253 e.